The summed E-state index contributed by atoms with van der Waals surface area (Å²) < 4.78 is 0. The Kier molecular flexibility index (Phi) is 2.06. The number of rotatable bonds is 2. The summed E-state index contributed by atoms with van der Waals surface area (Å²) in [6, 6.07) is 10.8. The van der Waals surface area contributed by atoms with E-state index in [1.165, 1.54) is 11.1 Å². The molecule has 1 heteroatoms. The van der Waals surface area contributed by atoms with Gasteiger partial charge in [0.1, 0.15) is 0 Å². The van der Waals surface area contributed by atoms with E-state index < -0.39 is 0 Å². The minimum Gasteiger partial charge on any atom is -0.198 e. The van der Waals surface area contributed by atoms with Crippen molar-refractivity contribution < 1.29 is 0 Å². The molecule has 0 bridgehead atoms. The Morgan fingerprint density at radius 2 is 2.23 bits per heavy atom. The average Bonchev–Trinajstić information content (AvgIpc) is 2.96. The van der Waals surface area contributed by atoms with Crippen molar-refractivity contribution in [3.63, 3.8) is 0 Å². The fourth-order valence-electron chi connectivity index (χ4n) is 1.90. The summed E-state index contributed by atoms with van der Waals surface area (Å²) in [5, 5.41) is 8.75. The summed E-state index contributed by atoms with van der Waals surface area (Å²) in [7, 11) is 0. The third kappa shape index (κ3) is 1.45. The smallest absolute Gasteiger partial charge is 0.0662 e. The molecule has 1 nitrogen and oxygen atoms in total. The summed E-state index contributed by atoms with van der Waals surface area (Å²) in [6.45, 7) is 2.17. The Bertz CT molecular complexity index is 348. The molecule has 1 fully saturated rings. The first-order valence-corrected chi connectivity index (χ1v) is 4.84. The van der Waals surface area contributed by atoms with Gasteiger partial charge in [-0.3, -0.25) is 0 Å². The molecule has 0 spiro atoms. The number of hydrogen-bond donors (Lipinski definition) is 0. The summed E-state index contributed by atoms with van der Waals surface area (Å²) in [4.78, 5) is 0. The predicted octanol–water partition coefficient (Wildman–Crippen LogP) is 2.88. The van der Waals surface area contributed by atoms with Gasteiger partial charge in [-0.05, 0) is 24.0 Å². The van der Waals surface area contributed by atoms with Gasteiger partial charge in [-0.1, -0.05) is 31.2 Å². The standard InChI is InChI=1S/C12H13N/c1-2-9-5-3-4-6-11(9)12-7-10(12)8-13/h3-6,10,12H,2,7H2,1H3/t10-,12-/m0/s1. The topological polar surface area (TPSA) is 23.8 Å². The van der Waals surface area contributed by atoms with Crippen LogP contribution in [0.15, 0.2) is 24.3 Å². The van der Waals surface area contributed by atoms with E-state index >= 15 is 0 Å². The monoisotopic (exact) mass is 171 g/mol. The van der Waals surface area contributed by atoms with Gasteiger partial charge in [0.2, 0.25) is 0 Å². The normalized spacial score (nSPS) is 25.2. The molecule has 66 valence electrons. The van der Waals surface area contributed by atoms with E-state index in [0.717, 1.165) is 12.8 Å². The predicted molar refractivity (Wildman–Crippen MR) is 52.3 cm³/mol. The highest BCUT2D eigenvalue weighted by Crippen LogP contribution is 2.47. The Morgan fingerprint density at radius 1 is 1.46 bits per heavy atom. The molecule has 2 atom stereocenters. The number of aryl methyl sites for hydroxylation is 1. The van der Waals surface area contributed by atoms with Crippen LogP contribution in [0.5, 0.6) is 0 Å². The third-order valence-corrected chi connectivity index (χ3v) is 2.79. The first-order valence-electron chi connectivity index (χ1n) is 4.84. The third-order valence-electron chi connectivity index (χ3n) is 2.79. The zero-order chi connectivity index (χ0) is 9.26. The van der Waals surface area contributed by atoms with E-state index in [1.807, 2.05) is 0 Å². The molecule has 2 rings (SSSR count). The van der Waals surface area contributed by atoms with E-state index in [1.54, 1.807) is 0 Å². The maximum absolute atomic E-state index is 8.75. The van der Waals surface area contributed by atoms with Crippen LogP contribution < -0.4 is 0 Å². The van der Waals surface area contributed by atoms with Crippen LogP contribution in [-0.4, -0.2) is 0 Å². The number of hydrogen-bond acceptors (Lipinski definition) is 1. The minimum absolute atomic E-state index is 0.285. The van der Waals surface area contributed by atoms with Crippen molar-refractivity contribution in [1.82, 2.24) is 0 Å². The molecule has 0 saturated heterocycles. The summed E-state index contributed by atoms with van der Waals surface area (Å²) >= 11 is 0. The maximum atomic E-state index is 8.75. The van der Waals surface area contributed by atoms with Crippen LogP contribution in [0.1, 0.15) is 30.4 Å². The molecule has 1 aromatic carbocycles. The van der Waals surface area contributed by atoms with Gasteiger partial charge in [0.25, 0.3) is 0 Å². The SMILES string of the molecule is CCc1ccccc1[C@H]1C[C@H]1C#N. The van der Waals surface area contributed by atoms with Gasteiger partial charge in [-0.15, -0.1) is 0 Å². The average molecular weight is 171 g/mol. The Morgan fingerprint density at radius 3 is 2.85 bits per heavy atom. The van der Waals surface area contributed by atoms with Gasteiger partial charge in [0.05, 0.1) is 12.0 Å². The lowest BCUT2D eigenvalue weighted by Gasteiger charge is -2.04. The van der Waals surface area contributed by atoms with Gasteiger partial charge >= 0.3 is 0 Å². The molecule has 0 unspecified atom stereocenters. The Hall–Kier alpha value is -1.29. The molecular formula is C12H13N. The zero-order valence-corrected chi connectivity index (χ0v) is 7.83. The largest absolute Gasteiger partial charge is 0.198 e. The van der Waals surface area contributed by atoms with E-state index in [-0.39, 0.29) is 5.92 Å². The van der Waals surface area contributed by atoms with Crippen molar-refractivity contribution in [2.45, 2.75) is 25.7 Å². The second-order valence-corrected chi connectivity index (χ2v) is 3.63. The highest BCUT2D eigenvalue weighted by atomic mass is 14.4. The molecule has 0 aromatic heterocycles. The quantitative estimate of drug-likeness (QED) is 0.671. The van der Waals surface area contributed by atoms with Gasteiger partial charge in [-0.2, -0.15) is 5.26 Å². The van der Waals surface area contributed by atoms with Crippen LogP contribution in [0.25, 0.3) is 0 Å². The summed E-state index contributed by atoms with van der Waals surface area (Å²) in [6.07, 6.45) is 2.14. The van der Waals surface area contributed by atoms with E-state index in [9.17, 15) is 0 Å². The van der Waals surface area contributed by atoms with Gasteiger partial charge < -0.3 is 0 Å². The lowest BCUT2D eigenvalue weighted by atomic mass is 10.0. The van der Waals surface area contributed by atoms with Crippen LogP contribution in [0.3, 0.4) is 0 Å². The van der Waals surface area contributed by atoms with Gasteiger partial charge in [-0.25, -0.2) is 0 Å². The second kappa shape index (κ2) is 3.22. The van der Waals surface area contributed by atoms with E-state index in [4.69, 9.17) is 5.26 Å². The van der Waals surface area contributed by atoms with Crippen molar-refractivity contribution in [2.75, 3.05) is 0 Å². The van der Waals surface area contributed by atoms with Crippen molar-refractivity contribution in [3.8, 4) is 6.07 Å². The molecule has 0 radical (unpaired) electrons. The lowest BCUT2D eigenvalue weighted by Crippen LogP contribution is -1.90. The molecule has 0 heterocycles. The molecule has 0 amide bonds. The van der Waals surface area contributed by atoms with Crippen LogP contribution in [-0.2, 0) is 6.42 Å². The molecule has 13 heavy (non-hydrogen) atoms. The number of nitrogens with zero attached hydrogens (tertiary/aromatic N) is 1. The molecular weight excluding hydrogens is 158 g/mol. The molecule has 1 saturated carbocycles. The highest BCUT2D eigenvalue weighted by Gasteiger charge is 2.39. The van der Waals surface area contributed by atoms with Gasteiger partial charge in [0, 0.05) is 5.92 Å². The van der Waals surface area contributed by atoms with E-state index in [0.29, 0.717) is 5.92 Å². The van der Waals surface area contributed by atoms with Crippen LogP contribution in [0.4, 0.5) is 0 Å². The fraction of sp³-hybridized carbons (Fsp3) is 0.417. The number of nitriles is 1. The van der Waals surface area contributed by atoms with Crippen molar-refractivity contribution >= 4 is 0 Å². The first kappa shape index (κ1) is 8.31. The molecule has 1 aromatic rings. The van der Waals surface area contributed by atoms with Crippen molar-refractivity contribution in [3.05, 3.63) is 35.4 Å². The fourth-order valence-corrected chi connectivity index (χ4v) is 1.90. The summed E-state index contributed by atoms with van der Waals surface area (Å²) in [5.74, 6) is 0.814. The molecule has 1 aliphatic rings. The molecule has 0 aliphatic heterocycles. The minimum atomic E-state index is 0.285. The second-order valence-electron chi connectivity index (χ2n) is 3.63. The van der Waals surface area contributed by atoms with Crippen LogP contribution >= 0.6 is 0 Å². The number of benzene rings is 1. The van der Waals surface area contributed by atoms with E-state index in [2.05, 4.69) is 37.3 Å². The Balaban J connectivity index is 2.26. The maximum Gasteiger partial charge on any atom is 0.0662 e. The van der Waals surface area contributed by atoms with Crippen LogP contribution in [0, 0.1) is 17.2 Å². The molecule has 0 N–H and O–H groups in total. The summed E-state index contributed by atoms with van der Waals surface area (Å²) in [5.41, 5.74) is 2.81. The first-order chi connectivity index (χ1) is 6.36. The lowest BCUT2D eigenvalue weighted by molar-refractivity contribution is 0.977. The van der Waals surface area contributed by atoms with Crippen LogP contribution in [0.2, 0.25) is 0 Å². The Labute approximate surface area is 79.0 Å². The molecule has 1 aliphatic carbocycles. The van der Waals surface area contributed by atoms with Crippen molar-refractivity contribution in [2.24, 2.45) is 5.92 Å². The van der Waals surface area contributed by atoms with Gasteiger partial charge in [0.15, 0.2) is 0 Å². The zero-order valence-electron chi connectivity index (χ0n) is 7.83. The highest BCUT2D eigenvalue weighted by molar-refractivity contribution is 5.36. The van der Waals surface area contributed by atoms with Crippen molar-refractivity contribution in [1.29, 1.82) is 5.26 Å².